The number of benzene rings is 2. The first-order chi connectivity index (χ1) is 10.7. The highest BCUT2D eigenvalue weighted by molar-refractivity contribution is 5.85. The molecule has 0 fully saturated rings. The molecule has 0 radical (unpaired) electrons. The van der Waals surface area contributed by atoms with E-state index in [1.165, 1.54) is 0 Å². The molecule has 0 atom stereocenters. The van der Waals surface area contributed by atoms with Crippen molar-refractivity contribution >= 4 is 36.0 Å². The SMILES string of the molecule is Cl.O=C(O)CC/C(C=Nc1ccccc1)=C/Nc1ccccc1. The van der Waals surface area contributed by atoms with Crippen molar-refractivity contribution in [3.63, 3.8) is 0 Å². The van der Waals surface area contributed by atoms with Gasteiger partial charge in [-0.05, 0) is 36.3 Å². The molecule has 0 spiro atoms. The van der Waals surface area contributed by atoms with E-state index in [0.29, 0.717) is 6.42 Å². The number of hydrogen-bond acceptors (Lipinski definition) is 3. The Labute approximate surface area is 142 Å². The molecule has 2 N–H and O–H groups in total. The van der Waals surface area contributed by atoms with Crippen LogP contribution in [0.4, 0.5) is 11.4 Å². The van der Waals surface area contributed by atoms with E-state index < -0.39 is 5.97 Å². The van der Waals surface area contributed by atoms with E-state index in [9.17, 15) is 4.79 Å². The topological polar surface area (TPSA) is 61.7 Å². The number of nitrogens with zero attached hydrogens (tertiary/aromatic N) is 1. The van der Waals surface area contributed by atoms with Gasteiger partial charge in [-0.1, -0.05) is 36.4 Å². The zero-order valence-electron chi connectivity index (χ0n) is 12.6. The molecule has 0 aliphatic heterocycles. The van der Waals surface area contributed by atoms with Crippen LogP contribution in [-0.2, 0) is 4.79 Å². The van der Waals surface area contributed by atoms with Crippen LogP contribution in [0, 0.1) is 0 Å². The van der Waals surface area contributed by atoms with Gasteiger partial charge >= 0.3 is 5.97 Å². The molecule has 0 aromatic heterocycles. The van der Waals surface area contributed by atoms with Crippen LogP contribution < -0.4 is 5.32 Å². The second-order valence-electron chi connectivity index (χ2n) is 4.72. The molecule has 0 aliphatic carbocycles. The van der Waals surface area contributed by atoms with Crippen molar-refractivity contribution in [3.8, 4) is 0 Å². The molecule has 0 saturated heterocycles. The van der Waals surface area contributed by atoms with Crippen molar-refractivity contribution < 1.29 is 9.90 Å². The normalized spacial score (nSPS) is 11.0. The fraction of sp³-hybridized carbons (Fsp3) is 0.111. The van der Waals surface area contributed by atoms with Gasteiger partial charge in [0, 0.05) is 24.5 Å². The molecule has 0 saturated carbocycles. The van der Waals surface area contributed by atoms with Gasteiger partial charge in [0.05, 0.1) is 5.69 Å². The van der Waals surface area contributed by atoms with Crippen molar-refractivity contribution in [3.05, 3.63) is 72.4 Å². The lowest BCUT2D eigenvalue weighted by molar-refractivity contribution is -0.136. The summed E-state index contributed by atoms with van der Waals surface area (Å²) in [6.07, 6.45) is 3.99. The van der Waals surface area contributed by atoms with Gasteiger partial charge in [0.25, 0.3) is 0 Å². The van der Waals surface area contributed by atoms with Gasteiger partial charge < -0.3 is 10.4 Å². The Kier molecular flexibility index (Phi) is 8.18. The number of nitrogens with one attached hydrogen (secondary N) is 1. The molecule has 0 amide bonds. The highest BCUT2D eigenvalue weighted by atomic mass is 35.5. The van der Waals surface area contributed by atoms with Gasteiger partial charge in [-0.15, -0.1) is 12.4 Å². The Morgan fingerprint density at radius 1 is 1.00 bits per heavy atom. The molecule has 4 nitrogen and oxygen atoms in total. The second kappa shape index (κ2) is 10.2. The summed E-state index contributed by atoms with van der Waals surface area (Å²) >= 11 is 0. The van der Waals surface area contributed by atoms with E-state index in [1.54, 1.807) is 12.4 Å². The first-order valence-electron chi connectivity index (χ1n) is 7.05. The molecule has 2 rings (SSSR count). The maximum absolute atomic E-state index is 10.8. The number of allylic oxidation sites excluding steroid dienone is 1. The smallest absolute Gasteiger partial charge is 0.303 e. The van der Waals surface area contributed by atoms with Gasteiger partial charge in [-0.3, -0.25) is 9.79 Å². The van der Waals surface area contributed by atoms with E-state index in [0.717, 1.165) is 16.9 Å². The standard InChI is InChI=1S/C18H18N2O2.ClH/c21-18(22)12-11-15(13-19-16-7-3-1-4-8-16)14-20-17-9-5-2-6-10-17;/h1-10,13-14,19H,11-12H2,(H,21,22);1H/b15-13-,20-14?;. The zero-order chi connectivity index (χ0) is 15.6. The third-order valence-electron chi connectivity index (χ3n) is 2.96. The Morgan fingerprint density at radius 3 is 2.22 bits per heavy atom. The monoisotopic (exact) mass is 330 g/mol. The van der Waals surface area contributed by atoms with Gasteiger partial charge in [-0.25, -0.2) is 0 Å². The maximum atomic E-state index is 10.8. The Morgan fingerprint density at radius 2 is 1.61 bits per heavy atom. The van der Waals surface area contributed by atoms with Crippen molar-refractivity contribution in [2.75, 3.05) is 5.32 Å². The number of rotatable bonds is 7. The molecule has 0 heterocycles. The van der Waals surface area contributed by atoms with E-state index in [4.69, 9.17) is 5.11 Å². The fourth-order valence-corrected chi connectivity index (χ4v) is 1.81. The number of carboxylic acids is 1. The minimum atomic E-state index is -0.821. The summed E-state index contributed by atoms with van der Waals surface area (Å²) in [6, 6.07) is 19.3. The van der Waals surface area contributed by atoms with E-state index in [-0.39, 0.29) is 18.8 Å². The van der Waals surface area contributed by atoms with Crippen LogP contribution in [0.15, 0.2) is 77.4 Å². The van der Waals surface area contributed by atoms with Crippen molar-refractivity contribution in [1.82, 2.24) is 0 Å². The molecule has 0 unspecified atom stereocenters. The molecule has 23 heavy (non-hydrogen) atoms. The minimum absolute atomic E-state index is 0. The highest BCUT2D eigenvalue weighted by Gasteiger charge is 2.00. The maximum Gasteiger partial charge on any atom is 0.303 e. The number of halogens is 1. The molecule has 2 aromatic carbocycles. The first-order valence-corrected chi connectivity index (χ1v) is 7.05. The largest absolute Gasteiger partial charge is 0.481 e. The summed E-state index contributed by atoms with van der Waals surface area (Å²) in [5, 5.41) is 12.0. The van der Waals surface area contributed by atoms with Gasteiger partial charge in [0.15, 0.2) is 0 Å². The van der Waals surface area contributed by atoms with Crippen LogP contribution >= 0.6 is 12.4 Å². The predicted octanol–water partition coefficient (Wildman–Crippen LogP) is 4.67. The van der Waals surface area contributed by atoms with Crippen LogP contribution in [0.2, 0.25) is 0 Å². The predicted molar refractivity (Wildman–Crippen MR) is 96.9 cm³/mol. The number of aliphatic carboxylic acids is 1. The Balaban J connectivity index is 0.00000264. The lowest BCUT2D eigenvalue weighted by Gasteiger charge is -2.03. The molecular formula is C18H19ClN2O2. The average Bonchev–Trinajstić information content (AvgIpc) is 2.56. The van der Waals surface area contributed by atoms with E-state index >= 15 is 0 Å². The van der Waals surface area contributed by atoms with E-state index in [2.05, 4.69) is 10.3 Å². The summed E-state index contributed by atoms with van der Waals surface area (Å²) in [5.74, 6) is -0.821. The van der Waals surface area contributed by atoms with Gasteiger partial charge in [0.2, 0.25) is 0 Å². The summed E-state index contributed by atoms with van der Waals surface area (Å²) in [7, 11) is 0. The molecule has 0 aliphatic rings. The Hall–Kier alpha value is -2.59. The van der Waals surface area contributed by atoms with Crippen LogP contribution in [-0.4, -0.2) is 17.3 Å². The third-order valence-corrected chi connectivity index (χ3v) is 2.96. The number of carboxylic acid groups (broad SMARTS) is 1. The van der Waals surface area contributed by atoms with E-state index in [1.807, 2.05) is 60.7 Å². The summed E-state index contributed by atoms with van der Waals surface area (Å²) in [4.78, 5) is 15.1. The quantitative estimate of drug-likeness (QED) is 0.725. The number of aliphatic imine (C=N–C) groups is 1. The van der Waals surface area contributed by atoms with Crippen LogP contribution in [0.1, 0.15) is 12.8 Å². The zero-order valence-corrected chi connectivity index (χ0v) is 13.4. The second-order valence-corrected chi connectivity index (χ2v) is 4.72. The number of hydrogen-bond donors (Lipinski definition) is 2. The van der Waals surface area contributed by atoms with Crippen molar-refractivity contribution in [2.24, 2.45) is 4.99 Å². The van der Waals surface area contributed by atoms with Crippen LogP contribution in [0.25, 0.3) is 0 Å². The third kappa shape index (κ3) is 7.29. The highest BCUT2D eigenvalue weighted by Crippen LogP contribution is 2.12. The summed E-state index contributed by atoms with van der Waals surface area (Å²) < 4.78 is 0. The molecular weight excluding hydrogens is 312 g/mol. The molecule has 0 bridgehead atoms. The number of carbonyl (C=O) groups is 1. The average molecular weight is 331 g/mol. The summed E-state index contributed by atoms with van der Waals surface area (Å²) in [6.45, 7) is 0. The minimum Gasteiger partial charge on any atom is -0.481 e. The number of para-hydroxylation sites is 2. The first kappa shape index (κ1) is 18.5. The van der Waals surface area contributed by atoms with Crippen molar-refractivity contribution in [2.45, 2.75) is 12.8 Å². The lowest BCUT2D eigenvalue weighted by Crippen LogP contribution is -1.99. The molecule has 120 valence electrons. The van der Waals surface area contributed by atoms with Gasteiger partial charge in [-0.2, -0.15) is 0 Å². The summed E-state index contributed by atoms with van der Waals surface area (Å²) in [5.41, 5.74) is 2.61. The van der Waals surface area contributed by atoms with Crippen molar-refractivity contribution in [1.29, 1.82) is 0 Å². The molecule has 2 aromatic rings. The fourth-order valence-electron chi connectivity index (χ4n) is 1.81. The van der Waals surface area contributed by atoms with Gasteiger partial charge in [0.1, 0.15) is 0 Å². The Bertz CT molecular complexity index is 655. The van der Waals surface area contributed by atoms with Crippen LogP contribution in [0.3, 0.4) is 0 Å². The lowest BCUT2D eigenvalue weighted by atomic mass is 10.1. The number of anilines is 1. The van der Waals surface area contributed by atoms with Crippen LogP contribution in [0.5, 0.6) is 0 Å². The molecule has 5 heteroatoms.